The molecule has 39 heavy (non-hydrogen) atoms. The van der Waals surface area contributed by atoms with Crippen LogP contribution in [0.15, 0.2) is 6.07 Å². The van der Waals surface area contributed by atoms with Gasteiger partial charge in [-0.25, -0.2) is 0 Å². The van der Waals surface area contributed by atoms with Crippen molar-refractivity contribution in [1.29, 1.82) is 0 Å². The molecule has 2 bridgehead atoms. The van der Waals surface area contributed by atoms with Crippen LogP contribution < -0.4 is 14.8 Å². The Morgan fingerprint density at radius 1 is 1.13 bits per heavy atom. The molecule has 4 atom stereocenters. The molecular weight excluding hydrogens is 498 g/mol. The summed E-state index contributed by atoms with van der Waals surface area (Å²) in [6, 6.07) is 1.65. The normalized spacial score (nSPS) is 29.9. The first-order valence-corrected chi connectivity index (χ1v) is 14.4. The molecule has 0 radical (unpaired) electrons. The number of β-amino-alcohol motifs (C(OH)–C–C–N with tert-alkyl or cyclic N) is 1. The smallest absolute Gasteiger partial charge is 0.317 e. The molecule has 0 aromatic heterocycles. The molecule has 3 fully saturated rings. The number of carbonyl (C=O) groups is 2. The van der Waals surface area contributed by atoms with Crippen LogP contribution in [0, 0.1) is 11.3 Å². The van der Waals surface area contributed by atoms with E-state index in [0.29, 0.717) is 24.5 Å². The summed E-state index contributed by atoms with van der Waals surface area (Å²) < 4.78 is 18.2. The van der Waals surface area contributed by atoms with Crippen LogP contribution >= 0.6 is 0 Å². The number of aliphatic hydroxyl groups is 1. The Balaban J connectivity index is 1.56. The molecule has 9 nitrogen and oxygen atoms in total. The quantitative estimate of drug-likeness (QED) is 0.483. The molecule has 1 amide bonds. The van der Waals surface area contributed by atoms with Gasteiger partial charge >= 0.3 is 5.97 Å². The van der Waals surface area contributed by atoms with Crippen LogP contribution in [-0.4, -0.2) is 93.0 Å². The average molecular weight is 544 g/mol. The van der Waals surface area contributed by atoms with Gasteiger partial charge in [0.1, 0.15) is 11.5 Å². The minimum absolute atomic E-state index is 0.0773. The number of piperazine rings is 1. The molecule has 1 saturated carbocycles. The van der Waals surface area contributed by atoms with Crippen LogP contribution in [0.3, 0.4) is 0 Å². The van der Waals surface area contributed by atoms with Crippen molar-refractivity contribution >= 4 is 11.9 Å². The van der Waals surface area contributed by atoms with Crippen LogP contribution in [-0.2, 0) is 19.7 Å². The van der Waals surface area contributed by atoms with E-state index in [0.717, 1.165) is 55.7 Å². The molecule has 4 aliphatic rings. The number of methoxy groups -OCH3 is 2. The summed E-state index contributed by atoms with van der Waals surface area (Å²) >= 11 is 0. The fraction of sp³-hybridized carbons (Fsp3) is 0.733. The summed E-state index contributed by atoms with van der Waals surface area (Å²) in [5.41, 5.74) is 1.77. The van der Waals surface area contributed by atoms with Crippen molar-refractivity contribution in [3.8, 4) is 11.5 Å². The molecule has 2 saturated heterocycles. The summed E-state index contributed by atoms with van der Waals surface area (Å²) in [5.74, 6) is 1.03. The first kappa shape index (κ1) is 28.2. The van der Waals surface area contributed by atoms with Crippen molar-refractivity contribution in [3.63, 3.8) is 0 Å². The third kappa shape index (κ3) is 4.50. The molecule has 216 valence electrons. The van der Waals surface area contributed by atoms with Gasteiger partial charge in [-0.1, -0.05) is 34.1 Å². The van der Waals surface area contributed by atoms with Gasteiger partial charge in [-0.3, -0.25) is 19.4 Å². The number of hydrogen-bond acceptors (Lipinski definition) is 8. The molecule has 1 aromatic carbocycles. The van der Waals surface area contributed by atoms with Gasteiger partial charge in [0, 0.05) is 49.8 Å². The Morgan fingerprint density at radius 3 is 2.41 bits per heavy atom. The number of aliphatic hydroxyl groups excluding tert-OH is 1. The van der Waals surface area contributed by atoms with E-state index in [1.807, 2.05) is 0 Å². The lowest BCUT2D eigenvalue weighted by Gasteiger charge is -2.52. The Bertz CT molecular complexity index is 1110. The van der Waals surface area contributed by atoms with E-state index in [-0.39, 0.29) is 42.3 Å². The van der Waals surface area contributed by atoms with Crippen LogP contribution in [0.2, 0.25) is 0 Å². The van der Waals surface area contributed by atoms with Crippen LogP contribution in [0.4, 0.5) is 0 Å². The highest BCUT2D eigenvalue weighted by Crippen LogP contribution is 2.66. The first-order chi connectivity index (χ1) is 18.6. The maximum atomic E-state index is 13.9. The van der Waals surface area contributed by atoms with E-state index < -0.39 is 17.6 Å². The summed E-state index contributed by atoms with van der Waals surface area (Å²) in [4.78, 5) is 31.8. The average Bonchev–Trinajstić information content (AvgIpc) is 3.16. The van der Waals surface area contributed by atoms with Gasteiger partial charge in [-0.15, -0.1) is 0 Å². The number of carbonyl (C=O) groups excluding carboxylic acids is 2. The number of benzene rings is 1. The van der Waals surface area contributed by atoms with Crippen LogP contribution in [0.25, 0.3) is 0 Å². The maximum Gasteiger partial charge on any atom is 0.317 e. The summed E-state index contributed by atoms with van der Waals surface area (Å²) in [6.45, 7) is 13.0. The van der Waals surface area contributed by atoms with E-state index >= 15 is 0 Å². The predicted molar refractivity (Wildman–Crippen MR) is 147 cm³/mol. The molecule has 1 aromatic rings. The number of amides is 1. The Kier molecular flexibility index (Phi) is 7.63. The number of nitrogens with one attached hydrogen (secondary N) is 1. The van der Waals surface area contributed by atoms with Crippen molar-refractivity contribution in [2.45, 2.75) is 70.4 Å². The first-order valence-electron chi connectivity index (χ1n) is 14.4. The molecule has 2 aliphatic heterocycles. The van der Waals surface area contributed by atoms with Gasteiger partial charge in [0.15, 0.2) is 11.5 Å². The SMILES string of the molecule is COc1c(C(C)C)cc2c(c1OC)C13CCCC(C)(C)C1C(OC3=O)C2NC(=O)CN1CCN(CCO)CC1. The van der Waals surface area contributed by atoms with E-state index in [1.165, 1.54) is 0 Å². The van der Waals surface area contributed by atoms with E-state index in [1.54, 1.807) is 14.2 Å². The van der Waals surface area contributed by atoms with Crippen molar-refractivity contribution in [1.82, 2.24) is 15.1 Å². The van der Waals surface area contributed by atoms with Crippen molar-refractivity contribution < 1.29 is 28.9 Å². The fourth-order valence-electron chi connectivity index (χ4n) is 7.99. The van der Waals surface area contributed by atoms with E-state index in [2.05, 4.69) is 48.9 Å². The van der Waals surface area contributed by atoms with Crippen LogP contribution in [0.5, 0.6) is 11.5 Å². The highest BCUT2D eigenvalue weighted by molar-refractivity contribution is 5.91. The van der Waals surface area contributed by atoms with E-state index in [4.69, 9.17) is 14.2 Å². The summed E-state index contributed by atoms with van der Waals surface area (Å²) in [6.07, 6.45) is 2.16. The zero-order chi connectivity index (χ0) is 28.1. The highest BCUT2D eigenvalue weighted by atomic mass is 16.6. The number of esters is 1. The van der Waals surface area contributed by atoms with Crippen LogP contribution in [0.1, 0.15) is 75.6 Å². The second kappa shape index (κ2) is 10.6. The summed E-state index contributed by atoms with van der Waals surface area (Å²) in [7, 11) is 3.28. The van der Waals surface area contributed by atoms with Gasteiger partial charge in [-0.05, 0) is 35.8 Å². The zero-order valence-corrected chi connectivity index (χ0v) is 24.3. The van der Waals surface area contributed by atoms with E-state index in [9.17, 15) is 14.7 Å². The number of fused-ring (bicyclic) bond motifs is 1. The van der Waals surface area contributed by atoms with Gasteiger partial charge in [0.25, 0.3) is 0 Å². The standard InChI is InChI=1S/C30H45N3O6/c1-18(2)19-16-20-22(25(38-6)24(19)37-5)30-9-7-8-29(3,4)27(30)26(39-28(30)36)23(20)31-21(35)17-33-12-10-32(11-13-33)14-15-34/h16,18,23,26-27,34H,7-15,17H2,1-6H3,(H,31,35). The number of ether oxygens (including phenoxy) is 3. The van der Waals surface area contributed by atoms with Gasteiger partial charge in [-0.2, -0.15) is 0 Å². The molecule has 2 N–H and O–H groups in total. The molecule has 5 rings (SSSR count). The Morgan fingerprint density at radius 2 is 1.79 bits per heavy atom. The highest BCUT2D eigenvalue weighted by Gasteiger charge is 2.70. The fourth-order valence-corrected chi connectivity index (χ4v) is 7.99. The molecule has 9 heteroatoms. The molecule has 0 spiro atoms. The topological polar surface area (TPSA) is 101 Å². The monoisotopic (exact) mass is 543 g/mol. The lowest BCUT2D eigenvalue weighted by atomic mass is 9.49. The summed E-state index contributed by atoms with van der Waals surface area (Å²) in [5, 5.41) is 12.6. The number of rotatable bonds is 8. The maximum absolute atomic E-state index is 13.9. The molecule has 4 unspecified atom stereocenters. The third-order valence-corrected chi connectivity index (χ3v) is 9.70. The largest absolute Gasteiger partial charge is 0.493 e. The third-order valence-electron chi connectivity index (χ3n) is 9.70. The molecule has 2 heterocycles. The zero-order valence-electron chi connectivity index (χ0n) is 24.3. The lowest BCUT2D eigenvalue weighted by molar-refractivity contribution is -0.146. The van der Waals surface area contributed by atoms with Crippen molar-refractivity contribution in [3.05, 3.63) is 22.8 Å². The van der Waals surface area contributed by atoms with Crippen molar-refractivity contribution in [2.24, 2.45) is 11.3 Å². The van der Waals surface area contributed by atoms with Gasteiger partial charge in [0.2, 0.25) is 5.91 Å². The number of nitrogens with zero attached hydrogens (tertiary/aromatic N) is 2. The second-order valence-corrected chi connectivity index (χ2v) is 12.7. The number of hydrogen-bond donors (Lipinski definition) is 2. The molecule has 2 aliphatic carbocycles. The van der Waals surface area contributed by atoms with Gasteiger partial charge < -0.3 is 24.6 Å². The van der Waals surface area contributed by atoms with Gasteiger partial charge in [0.05, 0.1) is 33.4 Å². The predicted octanol–water partition coefficient (Wildman–Crippen LogP) is 2.60. The minimum atomic E-state index is -0.819. The minimum Gasteiger partial charge on any atom is -0.493 e. The Hall–Kier alpha value is -2.36. The molecular formula is C30H45N3O6. The van der Waals surface area contributed by atoms with Crippen molar-refractivity contribution in [2.75, 3.05) is 60.1 Å². The second-order valence-electron chi connectivity index (χ2n) is 12.7. The lowest BCUT2D eigenvalue weighted by Crippen LogP contribution is -2.57. The Labute approximate surface area is 232 Å².